The SMILES string of the molecule is CCCCOc1ccc(C(=O)N(CCC#N)C(C)C)cc1. The molecule has 0 aromatic heterocycles. The zero-order valence-electron chi connectivity index (χ0n) is 13.1. The second-order valence-corrected chi connectivity index (χ2v) is 5.23. The van der Waals surface area contributed by atoms with Crippen LogP contribution < -0.4 is 4.74 Å². The molecule has 0 saturated carbocycles. The van der Waals surface area contributed by atoms with E-state index in [9.17, 15) is 4.79 Å². The van der Waals surface area contributed by atoms with Gasteiger partial charge in [-0.05, 0) is 44.5 Å². The Hall–Kier alpha value is -2.02. The molecule has 1 amide bonds. The number of hydrogen-bond acceptors (Lipinski definition) is 3. The summed E-state index contributed by atoms with van der Waals surface area (Å²) < 4.78 is 5.59. The molecule has 0 fully saturated rings. The summed E-state index contributed by atoms with van der Waals surface area (Å²) in [5.41, 5.74) is 0.629. The third kappa shape index (κ3) is 5.47. The molecule has 0 radical (unpaired) electrons. The molecule has 0 aliphatic carbocycles. The standard InChI is InChI=1S/C17H24N2O2/c1-4-5-13-21-16-9-7-15(8-10-16)17(20)19(14(2)3)12-6-11-18/h7-10,14H,4-6,12-13H2,1-3H3. The molecule has 1 rings (SSSR count). The molecule has 1 aromatic rings. The van der Waals surface area contributed by atoms with Crippen LogP contribution in [0.5, 0.6) is 5.75 Å². The summed E-state index contributed by atoms with van der Waals surface area (Å²) in [5, 5.41) is 8.68. The number of hydrogen-bond donors (Lipinski definition) is 0. The van der Waals surface area contributed by atoms with E-state index in [1.807, 2.05) is 26.0 Å². The van der Waals surface area contributed by atoms with Gasteiger partial charge in [0.25, 0.3) is 5.91 Å². The van der Waals surface area contributed by atoms with Crippen molar-refractivity contribution >= 4 is 5.91 Å². The van der Waals surface area contributed by atoms with E-state index < -0.39 is 0 Å². The largest absolute Gasteiger partial charge is 0.494 e. The van der Waals surface area contributed by atoms with Crippen LogP contribution in [0.3, 0.4) is 0 Å². The molecule has 0 spiro atoms. The Labute approximate surface area is 127 Å². The number of ether oxygens (including phenoxy) is 1. The molecule has 1 aromatic carbocycles. The fourth-order valence-electron chi connectivity index (χ4n) is 1.96. The van der Waals surface area contributed by atoms with Crippen LogP contribution in [0.1, 0.15) is 50.4 Å². The van der Waals surface area contributed by atoms with Crippen LogP contribution in [0.2, 0.25) is 0 Å². The number of carbonyl (C=O) groups is 1. The highest BCUT2D eigenvalue weighted by Crippen LogP contribution is 2.15. The fraction of sp³-hybridized carbons (Fsp3) is 0.529. The average molecular weight is 288 g/mol. The Kier molecular flexibility index (Phi) is 7.31. The number of unbranched alkanes of at least 4 members (excludes halogenated alkanes) is 1. The molecule has 0 aliphatic rings. The molecular formula is C17H24N2O2. The first-order valence-corrected chi connectivity index (χ1v) is 7.51. The zero-order chi connectivity index (χ0) is 15.7. The van der Waals surface area contributed by atoms with E-state index in [4.69, 9.17) is 10.00 Å². The minimum Gasteiger partial charge on any atom is -0.494 e. The first-order valence-electron chi connectivity index (χ1n) is 7.51. The van der Waals surface area contributed by atoms with E-state index >= 15 is 0 Å². The van der Waals surface area contributed by atoms with Gasteiger partial charge in [-0.2, -0.15) is 5.26 Å². The van der Waals surface area contributed by atoms with E-state index in [1.54, 1.807) is 17.0 Å². The molecule has 114 valence electrons. The molecule has 4 heteroatoms. The average Bonchev–Trinajstić information content (AvgIpc) is 2.48. The lowest BCUT2D eigenvalue weighted by Crippen LogP contribution is -2.37. The lowest BCUT2D eigenvalue weighted by molar-refractivity contribution is 0.0710. The Morgan fingerprint density at radius 1 is 1.33 bits per heavy atom. The molecule has 0 aliphatic heterocycles. The molecule has 0 atom stereocenters. The van der Waals surface area contributed by atoms with Crippen LogP contribution in [0.25, 0.3) is 0 Å². The summed E-state index contributed by atoms with van der Waals surface area (Å²) in [6.07, 6.45) is 2.47. The molecule has 0 bridgehead atoms. The summed E-state index contributed by atoms with van der Waals surface area (Å²) in [4.78, 5) is 14.2. The summed E-state index contributed by atoms with van der Waals surface area (Å²) in [7, 11) is 0. The van der Waals surface area contributed by atoms with Gasteiger partial charge in [0.05, 0.1) is 19.1 Å². The van der Waals surface area contributed by atoms with Crippen LogP contribution in [-0.2, 0) is 0 Å². The Morgan fingerprint density at radius 2 is 2.00 bits per heavy atom. The van der Waals surface area contributed by atoms with Crippen LogP contribution in [-0.4, -0.2) is 30.0 Å². The molecule has 0 heterocycles. The molecule has 0 unspecified atom stereocenters. The van der Waals surface area contributed by atoms with Crippen molar-refractivity contribution in [2.45, 2.75) is 46.1 Å². The van der Waals surface area contributed by atoms with Gasteiger partial charge in [0.1, 0.15) is 5.75 Å². The van der Waals surface area contributed by atoms with Crippen molar-refractivity contribution in [2.75, 3.05) is 13.2 Å². The van der Waals surface area contributed by atoms with E-state index in [0.717, 1.165) is 18.6 Å². The maximum Gasteiger partial charge on any atom is 0.254 e. The number of nitrogens with zero attached hydrogens (tertiary/aromatic N) is 2. The summed E-state index contributed by atoms with van der Waals surface area (Å²) >= 11 is 0. The summed E-state index contributed by atoms with van der Waals surface area (Å²) in [5.74, 6) is 0.744. The highest BCUT2D eigenvalue weighted by Gasteiger charge is 2.18. The molecule has 21 heavy (non-hydrogen) atoms. The minimum absolute atomic E-state index is 0.0413. The van der Waals surface area contributed by atoms with Gasteiger partial charge in [0.2, 0.25) is 0 Å². The van der Waals surface area contributed by atoms with Gasteiger partial charge in [-0.15, -0.1) is 0 Å². The predicted octanol–water partition coefficient (Wildman–Crippen LogP) is 3.63. The number of nitriles is 1. The molecular weight excluding hydrogens is 264 g/mol. The van der Waals surface area contributed by atoms with E-state index in [-0.39, 0.29) is 11.9 Å². The predicted molar refractivity (Wildman–Crippen MR) is 83.2 cm³/mol. The Morgan fingerprint density at radius 3 is 2.52 bits per heavy atom. The maximum atomic E-state index is 12.4. The monoisotopic (exact) mass is 288 g/mol. The van der Waals surface area contributed by atoms with Crippen LogP contribution in [0.15, 0.2) is 24.3 Å². The van der Waals surface area contributed by atoms with Gasteiger partial charge in [-0.3, -0.25) is 4.79 Å². The van der Waals surface area contributed by atoms with Crippen molar-refractivity contribution in [2.24, 2.45) is 0 Å². The topological polar surface area (TPSA) is 53.3 Å². The summed E-state index contributed by atoms with van der Waals surface area (Å²) in [6.45, 7) is 7.19. The number of benzene rings is 1. The van der Waals surface area contributed by atoms with E-state index in [0.29, 0.717) is 25.1 Å². The van der Waals surface area contributed by atoms with Gasteiger partial charge >= 0.3 is 0 Å². The van der Waals surface area contributed by atoms with Crippen molar-refractivity contribution in [3.05, 3.63) is 29.8 Å². The Bertz CT molecular complexity index is 475. The number of rotatable bonds is 8. The van der Waals surface area contributed by atoms with Gasteiger partial charge in [0.15, 0.2) is 0 Å². The maximum absolute atomic E-state index is 12.4. The molecule has 0 saturated heterocycles. The first-order chi connectivity index (χ1) is 10.1. The molecule has 4 nitrogen and oxygen atoms in total. The Balaban J connectivity index is 2.70. The summed E-state index contributed by atoms with van der Waals surface area (Å²) in [6, 6.07) is 9.37. The van der Waals surface area contributed by atoms with E-state index in [1.165, 1.54) is 0 Å². The lowest BCUT2D eigenvalue weighted by atomic mass is 10.1. The highest BCUT2D eigenvalue weighted by atomic mass is 16.5. The van der Waals surface area contributed by atoms with Crippen molar-refractivity contribution in [3.63, 3.8) is 0 Å². The number of carbonyl (C=O) groups excluding carboxylic acids is 1. The number of amides is 1. The smallest absolute Gasteiger partial charge is 0.254 e. The molecule has 0 N–H and O–H groups in total. The van der Waals surface area contributed by atoms with Crippen molar-refractivity contribution in [1.29, 1.82) is 5.26 Å². The second kappa shape index (κ2) is 9.02. The third-order valence-corrected chi connectivity index (χ3v) is 3.22. The van der Waals surface area contributed by atoms with Gasteiger partial charge in [0, 0.05) is 18.2 Å². The van der Waals surface area contributed by atoms with Gasteiger partial charge in [-0.1, -0.05) is 13.3 Å². The van der Waals surface area contributed by atoms with Crippen molar-refractivity contribution in [1.82, 2.24) is 4.90 Å². The van der Waals surface area contributed by atoms with Crippen LogP contribution in [0.4, 0.5) is 0 Å². The normalized spacial score (nSPS) is 10.2. The van der Waals surface area contributed by atoms with Crippen LogP contribution >= 0.6 is 0 Å². The van der Waals surface area contributed by atoms with E-state index in [2.05, 4.69) is 13.0 Å². The van der Waals surface area contributed by atoms with Crippen LogP contribution in [0, 0.1) is 11.3 Å². The minimum atomic E-state index is -0.0413. The van der Waals surface area contributed by atoms with Crippen molar-refractivity contribution in [3.8, 4) is 11.8 Å². The third-order valence-electron chi connectivity index (χ3n) is 3.22. The fourth-order valence-corrected chi connectivity index (χ4v) is 1.96. The van der Waals surface area contributed by atoms with Gasteiger partial charge < -0.3 is 9.64 Å². The first kappa shape index (κ1) is 17.0. The lowest BCUT2D eigenvalue weighted by Gasteiger charge is -2.26. The zero-order valence-corrected chi connectivity index (χ0v) is 13.1. The second-order valence-electron chi connectivity index (χ2n) is 5.23. The highest BCUT2D eigenvalue weighted by molar-refractivity contribution is 5.94. The van der Waals surface area contributed by atoms with Gasteiger partial charge in [-0.25, -0.2) is 0 Å². The quantitative estimate of drug-likeness (QED) is 0.686. The van der Waals surface area contributed by atoms with Crippen molar-refractivity contribution < 1.29 is 9.53 Å².